The number of sulfone groups is 1. The Balaban J connectivity index is 1.85. The van der Waals surface area contributed by atoms with Crippen molar-refractivity contribution in [1.29, 1.82) is 0 Å². The smallest absolute Gasteiger partial charge is 0.164 e. The highest BCUT2D eigenvalue weighted by molar-refractivity contribution is 7.91. The van der Waals surface area contributed by atoms with E-state index in [-0.39, 0.29) is 11.6 Å². The minimum Gasteiger partial charge on any atom is -0.383 e. The molecule has 31 heavy (non-hydrogen) atoms. The number of halogens is 1. The number of hydrogen-bond acceptors (Lipinski definition) is 10. The number of ether oxygens (including phenoxy) is 4. The molecule has 13 heteroatoms. The van der Waals surface area contributed by atoms with E-state index < -0.39 is 27.3 Å². The van der Waals surface area contributed by atoms with Gasteiger partial charge in [-0.15, -0.1) is 10.2 Å². The molecule has 0 bridgehead atoms. The number of hydrogen-bond donors (Lipinski definition) is 0. The lowest BCUT2D eigenvalue weighted by atomic mass is 10.2. The SMILES string of the molecule is COCCn1c(CS(=O)(=O)[C@@H](C)[C@H](OC)c2ncc(Cl)cn2)nnc1[C@H]1COCCO1. The quantitative estimate of drug-likeness (QED) is 0.493. The number of aromatic nitrogens is 5. The molecule has 11 nitrogen and oxygen atoms in total. The largest absolute Gasteiger partial charge is 0.383 e. The lowest BCUT2D eigenvalue weighted by Gasteiger charge is -2.24. The highest BCUT2D eigenvalue weighted by atomic mass is 35.5. The first kappa shape index (κ1) is 24.0. The molecule has 3 rings (SSSR count). The summed E-state index contributed by atoms with van der Waals surface area (Å²) in [6, 6.07) is 0. The molecule has 1 aliphatic rings. The van der Waals surface area contributed by atoms with Crippen LogP contribution in [0.3, 0.4) is 0 Å². The van der Waals surface area contributed by atoms with Gasteiger partial charge >= 0.3 is 0 Å². The molecule has 0 amide bonds. The molecule has 1 aliphatic heterocycles. The molecule has 1 fully saturated rings. The molecular formula is C18H26ClN5O6S. The molecule has 3 atom stereocenters. The van der Waals surface area contributed by atoms with Crippen molar-refractivity contribution in [2.45, 2.75) is 36.7 Å². The maximum Gasteiger partial charge on any atom is 0.164 e. The van der Waals surface area contributed by atoms with Gasteiger partial charge in [0.05, 0.1) is 36.7 Å². The summed E-state index contributed by atoms with van der Waals surface area (Å²) in [5, 5.41) is 7.73. The maximum absolute atomic E-state index is 13.2. The zero-order chi connectivity index (χ0) is 22.4. The zero-order valence-corrected chi connectivity index (χ0v) is 19.2. The van der Waals surface area contributed by atoms with Crippen molar-refractivity contribution in [1.82, 2.24) is 24.7 Å². The monoisotopic (exact) mass is 475 g/mol. The lowest BCUT2D eigenvalue weighted by molar-refractivity contribution is -0.0950. The Morgan fingerprint density at radius 2 is 2.00 bits per heavy atom. The van der Waals surface area contributed by atoms with Crippen molar-refractivity contribution in [2.75, 3.05) is 40.6 Å². The molecule has 3 heterocycles. The van der Waals surface area contributed by atoms with Crippen molar-refractivity contribution in [3.05, 3.63) is 34.9 Å². The van der Waals surface area contributed by atoms with Gasteiger partial charge in [0.25, 0.3) is 0 Å². The van der Waals surface area contributed by atoms with Crippen LogP contribution < -0.4 is 0 Å². The molecule has 0 radical (unpaired) electrons. The van der Waals surface area contributed by atoms with E-state index in [1.165, 1.54) is 19.5 Å². The molecule has 0 unspecified atom stereocenters. The third-order valence-corrected chi connectivity index (χ3v) is 7.19. The van der Waals surface area contributed by atoms with Crippen LogP contribution in [0.1, 0.15) is 36.6 Å². The summed E-state index contributed by atoms with van der Waals surface area (Å²) in [4.78, 5) is 8.20. The second kappa shape index (κ2) is 10.7. The van der Waals surface area contributed by atoms with Crippen molar-refractivity contribution in [3.63, 3.8) is 0 Å². The molecule has 2 aromatic heterocycles. The van der Waals surface area contributed by atoms with Crippen LogP contribution in [0.25, 0.3) is 0 Å². The topological polar surface area (TPSA) is 128 Å². The second-order valence-corrected chi connectivity index (χ2v) is 9.78. The third kappa shape index (κ3) is 5.76. The van der Waals surface area contributed by atoms with Crippen LogP contribution in [0.5, 0.6) is 0 Å². The first-order chi connectivity index (χ1) is 14.9. The van der Waals surface area contributed by atoms with Gasteiger partial charge in [0.15, 0.2) is 21.5 Å². The van der Waals surface area contributed by atoms with Gasteiger partial charge in [-0.05, 0) is 6.92 Å². The first-order valence-electron chi connectivity index (χ1n) is 9.69. The normalized spacial score (nSPS) is 19.3. The summed E-state index contributed by atoms with van der Waals surface area (Å²) in [7, 11) is -0.744. The zero-order valence-electron chi connectivity index (χ0n) is 17.6. The van der Waals surface area contributed by atoms with Crippen LogP contribution >= 0.6 is 11.6 Å². The second-order valence-electron chi connectivity index (χ2n) is 6.98. The molecular weight excluding hydrogens is 450 g/mol. The third-order valence-electron chi connectivity index (χ3n) is 4.95. The fraction of sp³-hybridized carbons (Fsp3) is 0.667. The summed E-state index contributed by atoms with van der Waals surface area (Å²) in [6.45, 7) is 3.56. The van der Waals surface area contributed by atoms with E-state index in [4.69, 9.17) is 30.5 Å². The molecule has 0 saturated carbocycles. The average Bonchev–Trinajstić information content (AvgIpc) is 3.16. The van der Waals surface area contributed by atoms with E-state index in [1.54, 1.807) is 18.6 Å². The van der Waals surface area contributed by atoms with Gasteiger partial charge in [-0.3, -0.25) is 0 Å². The summed E-state index contributed by atoms with van der Waals surface area (Å²) in [5.41, 5.74) is 0. The van der Waals surface area contributed by atoms with Crippen LogP contribution in [0, 0.1) is 0 Å². The summed E-state index contributed by atoms with van der Waals surface area (Å²) >= 11 is 5.83. The van der Waals surface area contributed by atoms with Crippen LogP contribution in [0.2, 0.25) is 5.02 Å². The van der Waals surface area contributed by atoms with Gasteiger partial charge in [-0.1, -0.05) is 11.6 Å². The molecule has 0 aromatic carbocycles. The van der Waals surface area contributed by atoms with E-state index in [0.717, 1.165) is 0 Å². The summed E-state index contributed by atoms with van der Waals surface area (Å²) < 4.78 is 49.9. The van der Waals surface area contributed by atoms with Gasteiger partial charge in [0.2, 0.25) is 0 Å². The fourth-order valence-corrected chi connectivity index (χ4v) is 4.78. The predicted molar refractivity (Wildman–Crippen MR) is 110 cm³/mol. The van der Waals surface area contributed by atoms with E-state index in [2.05, 4.69) is 20.2 Å². The van der Waals surface area contributed by atoms with E-state index in [1.807, 2.05) is 0 Å². The minimum atomic E-state index is -3.72. The Morgan fingerprint density at radius 3 is 2.61 bits per heavy atom. The highest BCUT2D eigenvalue weighted by Crippen LogP contribution is 2.27. The molecule has 172 valence electrons. The predicted octanol–water partition coefficient (Wildman–Crippen LogP) is 1.15. The highest BCUT2D eigenvalue weighted by Gasteiger charge is 2.35. The summed E-state index contributed by atoms with van der Waals surface area (Å²) in [5.74, 6) is 0.697. The van der Waals surface area contributed by atoms with Gasteiger partial charge in [0.1, 0.15) is 23.8 Å². The Labute approximate surface area is 186 Å². The number of nitrogens with zero attached hydrogens (tertiary/aromatic N) is 5. The van der Waals surface area contributed by atoms with E-state index in [9.17, 15) is 8.42 Å². The Hall–Kier alpha value is -1.70. The molecule has 2 aromatic rings. The Kier molecular flexibility index (Phi) is 8.30. The van der Waals surface area contributed by atoms with Crippen LogP contribution in [-0.2, 0) is 41.1 Å². The fourth-order valence-electron chi connectivity index (χ4n) is 3.23. The van der Waals surface area contributed by atoms with Crippen molar-refractivity contribution < 1.29 is 27.4 Å². The molecule has 1 saturated heterocycles. The summed E-state index contributed by atoms with van der Waals surface area (Å²) in [6.07, 6.45) is 1.51. The van der Waals surface area contributed by atoms with Crippen LogP contribution in [-0.4, -0.2) is 79.0 Å². The molecule has 0 spiro atoms. The molecule has 0 N–H and O–H groups in total. The Bertz CT molecular complexity index is 949. The lowest BCUT2D eigenvalue weighted by Crippen LogP contribution is -2.30. The number of rotatable bonds is 10. The van der Waals surface area contributed by atoms with Gasteiger partial charge in [-0.2, -0.15) is 0 Å². The van der Waals surface area contributed by atoms with Crippen LogP contribution in [0.4, 0.5) is 0 Å². The minimum absolute atomic E-state index is 0.234. The molecule has 0 aliphatic carbocycles. The van der Waals surface area contributed by atoms with Crippen molar-refractivity contribution in [3.8, 4) is 0 Å². The maximum atomic E-state index is 13.2. The van der Waals surface area contributed by atoms with Gasteiger partial charge in [0, 0.05) is 33.2 Å². The van der Waals surface area contributed by atoms with Crippen LogP contribution in [0.15, 0.2) is 12.4 Å². The van der Waals surface area contributed by atoms with Gasteiger partial charge < -0.3 is 23.5 Å². The van der Waals surface area contributed by atoms with E-state index >= 15 is 0 Å². The van der Waals surface area contributed by atoms with E-state index in [0.29, 0.717) is 49.6 Å². The van der Waals surface area contributed by atoms with Gasteiger partial charge in [-0.25, -0.2) is 18.4 Å². The number of methoxy groups -OCH3 is 2. The Morgan fingerprint density at radius 1 is 1.26 bits per heavy atom. The first-order valence-corrected chi connectivity index (χ1v) is 11.8. The van der Waals surface area contributed by atoms with Crippen molar-refractivity contribution in [2.24, 2.45) is 0 Å². The standard InChI is InChI=1S/C18H26ClN5O6S/c1-12(16(28-3)17-20-8-13(19)9-21-17)31(25,26)11-15-22-23-18(24(15)4-5-27-2)14-10-29-6-7-30-14/h8-9,12,14,16H,4-7,10-11H2,1-3H3/t12-,14+,16-/m0/s1. The average molecular weight is 476 g/mol. The van der Waals surface area contributed by atoms with Crippen molar-refractivity contribution >= 4 is 21.4 Å².